The summed E-state index contributed by atoms with van der Waals surface area (Å²) in [5.74, 6) is -0.494. The van der Waals surface area contributed by atoms with Crippen molar-refractivity contribution in [2.75, 3.05) is 13.7 Å². The minimum absolute atomic E-state index is 0.0847. The first kappa shape index (κ1) is 18.5. The number of nitro groups is 1. The van der Waals surface area contributed by atoms with Crippen LogP contribution in [-0.2, 0) is 9.53 Å². The molecule has 0 fully saturated rings. The molecule has 0 aliphatic heterocycles. The van der Waals surface area contributed by atoms with Crippen LogP contribution >= 0.6 is 11.6 Å². The van der Waals surface area contributed by atoms with Gasteiger partial charge in [0.1, 0.15) is 6.61 Å². The van der Waals surface area contributed by atoms with Crippen molar-refractivity contribution in [2.24, 2.45) is 0 Å². The highest BCUT2D eigenvalue weighted by atomic mass is 35.5. The average Bonchev–Trinajstić information content (AvgIpc) is 2.60. The summed E-state index contributed by atoms with van der Waals surface area (Å²) >= 11 is 5.84. The van der Waals surface area contributed by atoms with Gasteiger partial charge < -0.3 is 9.47 Å². The molecule has 6 nitrogen and oxygen atoms in total. The molecular weight excluding hydrogens is 346 g/mol. The first-order valence-corrected chi connectivity index (χ1v) is 7.71. The summed E-state index contributed by atoms with van der Waals surface area (Å²) in [4.78, 5) is 22.6. The second-order valence-corrected chi connectivity index (χ2v) is 5.67. The molecule has 0 N–H and O–H groups in total. The highest BCUT2D eigenvalue weighted by Gasteiger charge is 2.17. The SMILES string of the molecule is COC(=O)/C(=C/c1ccc(Cl)cc1)COc1ccc(C)cc1[N+](=O)[O-]. The van der Waals surface area contributed by atoms with Crippen LogP contribution in [0.2, 0.25) is 5.02 Å². The quantitative estimate of drug-likeness (QED) is 0.333. The highest BCUT2D eigenvalue weighted by Crippen LogP contribution is 2.28. The van der Waals surface area contributed by atoms with Crippen molar-refractivity contribution in [1.82, 2.24) is 0 Å². The molecule has 0 aliphatic carbocycles. The second-order valence-electron chi connectivity index (χ2n) is 5.23. The Morgan fingerprint density at radius 2 is 1.92 bits per heavy atom. The number of carbonyl (C=O) groups excluding carboxylic acids is 1. The molecule has 0 unspecified atom stereocenters. The standard InChI is InChI=1S/C18H16ClNO5/c1-12-3-8-17(16(9-12)20(22)23)25-11-14(18(21)24-2)10-13-4-6-15(19)7-5-13/h3-10H,11H2,1-2H3/b14-10+. The fourth-order valence-electron chi connectivity index (χ4n) is 2.10. The Morgan fingerprint density at radius 1 is 1.24 bits per heavy atom. The summed E-state index contributed by atoms with van der Waals surface area (Å²) in [5.41, 5.74) is 1.53. The van der Waals surface area contributed by atoms with Crippen LogP contribution in [0, 0.1) is 17.0 Å². The van der Waals surface area contributed by atoms with E-state index >= 15 is 0 Å². The predicted octanol–water partition coefficient (Wildman–Crippen LogP) is 4.19. The Balaban J connectivity index is 2.26. The zero-order chi connectivity index (χ0) is 18.4. The van der Waals surface area contributed by atoms with Crippen molar-refractivity contribution in [3.8, 4) is 5.75 Å². The molecule has 0 amide bonds. The lowest BCUT2D eigenvalue weighted by Crippen LogP contribution is -2.13. The number of nitro benzene ring substituents is 1. The number of aryl methyl sites for hydroxylation is 1. The van der Waals surface area contributed by atoms with Crippen molar-refractivity contribution >= 4 is 29.3 Å². The normalized spacial score (nSPS) is 11.1. The van der Waals surface area contributed by atoms with Crippen molar-refractivity contribution in [1.29, 1.82) is 0 Å². The van der Waals surface area contributed by atoms with E-state index in [-0.39, 0.29) is 23.6 Å². The topological polar surface area (TPSA) is 78.7 Å². The fourth-order valence-corrected chi connectivity index (χ4v) is 2.22. The maximum Gasteiger partial charge on any atom is 0.337 e. The third-order valence-electron chi connectivity index (χ3n) is 3.35. The first-order valence-electron chi connectivity index (χ1n) is 7.33. The molecule has 0 aliphatic rings. The summed E-state index contributed by atoms with van der Waals surface area (Å²) < 4.78 is 10.2. The van der Waals surface area contributed by atoms with E-state index in [0.717, 1.165) is 11.1 Å². The zero-order valence-corrected chi connectivity index (χ0v) is 14.4. The Morgan fingerprint density at radius 3 is 2.52 bits per heavy atom. The number of ether oxygens (including phenoxy) is 2. The zero-order valence-electron chi connectivity index (χ0n) is 13.7. The number of esters is 1. The first-order chi connectivity index (χ1) is 11.9. The second kappa shape index (κ2) is 8.30. The number of rotatable bonds is 6. The van der Waals surface area contributed by atoms with E-state index in [1.807, 2.05) is 0 Å². The number of methoxy groups -OCH3 is 1. The van der Waals surface area contributed by atoms with E-state index in [1.54, 1.807) is 43.3 Å². The van der Waals surface area contributed by atoms with Gasteiger partial charge in [0, 0.05) is 11.1 Å². The Hall–Kier alpha value is -2.86. The summed E-state index contributed by atoms with van der Waals surface area (Å²) in [6, 6.07) is 11.5. The minimum atomic E-state index is -0.579. The van der Waals surface area contributed by atoms with E-state index in [4.69, 9.17) is 21.1 Å². The van der Waals surface area contributed by atoms with Crippen molar-refractivity contribution < 1.29 is 19.2 Å². The molecule has 0 heterocycles. The van der Waals surface area contributed by atoms with Crippen LogP contribution in [0.15, 0.2) is 48.0 Å². The Kier molecular flexibility index (Phi) is 6.14. The van der Waals surface area contributed by atoms with Crippen molar-refractivity contribution in [3.63, 3.8) is 0 Å². The molecule has 7 heteroatoms. The molecule has 2 rings (SSSR count). The molecule has 0 spiro atoms. The summed E-state index contributed by atoms with van der Waals surface area (Å²) in [7, 11) is 1.26. The molecule has 0 saturated carbocycles. The van der Waals surface area contributed by atoms with Gasteiger partial charge in [-0.2, -0.15) is 0 Å². The Bertz CT molecular complexity index is 815. The van der Waals surface area contributed by atoms with Gasteiger partial charge >= 0.3 is 11.7 Å². The van der Waals surface area contributed by atoms with Crippen LogP contribution in [0.4, 0.5) is 5.69 Å². The molecule has 2 aromatic carbocycles. The fraction of sp³-hybridized carbons (Fsp3) is 0.167. The van der Waals surface area contributed by atoms with Gasteiger partial charge in [0.05, 0.1) is 17.6 Å². The van der Waals surface area contributed by atoms with Gasteiger partial charge in [0.2, 0.25) is 0 Å². The molecule has 0 atom stereocenters. The molecule has 0 saturated heterocycles. The number of benzene rings is 2. The predicted molar refractivity (Wildman–Crippen MR) is 94.8 cm³/mol. The third kappa shape index (κ3) is 5.06. The molecule has 0 radical (unpaired) electrons. The smallest absolute Gasteiger partial charge is 0.337 e. The van der Waals surface area contributed by atoms with E-state index in [0.29, 0.717) is 5.02 Å². The number of hydrogen-bond donors (Lipinski definition) is 0. The lowest BCUT2D eigenvalue weighted by atomic mass is 10.1. The van der Waals surface area contributed by atoms with E-state index < -0.39 is 10.9 Å². The van der Waals surface area contributed by atoms with Crippen LogP contribution in [0.3, 0.4) is 0 Å². The van der Waals surface area contributed by atoms with Crippen LogP contribution in [0.5, 0.6) is 5.75 Å². The lowest BCUT2D eigenvalue weighted by Gasteiger charge is -2.09. The van der Waals surface area contributed by atoms with Gasteiger partial charge in [0.15, 0.2) is 5.75 Å². The Labute approximate surface area is 149 Å². The van der Waals surface area contributed by atoms with Crippen molar-refractivity contribution in [2.45, 2.75) is 6.92 Å². The van der Waals surface area contributed by atoms with Crippen LogP contribution in [0.1, 0.15) is 11.1 Å². The van der Waals surface area contributed by atoms with Gasteiger partial charge in [-0.05, 0) is 42.3 Å². The van der Waals surface area contributed by atoms with Crippen molar-refractivity contribution in [3.05, 3.63) is 74.3 Å². The van der Waals surface area contributed by atoms with Crippen LogP contribution in [0.25, 0.3) is 6.08 Å². The summed E-state index contributed by atoms with van der Waals surface area (Å²) in [6.07, 6.45) is 1.59. The monoisotopic (exact) mass is 361 g/mol. The largest absolute Gasteiger partial charge is 0.482 e. The van der Waals surface area contributed by atoms with E-state index in [2.05, 4.69) is 0 Å². The summed E-state index contributed by atoms with van der Waals surface area (Å²) in [5, 5.41) is 11.7. The highest BCUT2D eigenvalue weighted by molar-refractivity contribution is 6.30. The maximum atomic E-state index is 11.9. The van der Waals surface area contributed by atoms with Crippen LogP contribution < -0.4 is 4.74 Å². The summed E-state index contributed by atoms with van der Waals surface area (Å²) in [6.45, 7) is 1.58. The average molecular weight is 362 g/mol. The minimum Gasteiger partial charge on any atom is -0.482 e. The van der Waals surface area contributed by atoms with Crippen LogP contribution in [-0.4, -0.2) is 24.6 Å². The third-order valence-corrected chi connectivity index (χ3v) is 3.60. The molecule has 130 valence electrons. The van der Waals surface area contributed by atoms with E-state index in [1.165, 1.54) is 19.2 Å². The number of carbonyl (C=O) groups is 1. The van der Waals surface area contributed by atoms with E-state index in [9.17, 15) is 14.9 Å². The number of hydrogen-bond acceptors (Lipinski definition) is 5. The molecule has 25 heavy (non-hydrogen) atoms. The van der Waals surface area contributed by atoms with Gasteiger partial charge in [-0.25, -0.2) is 4.79 Å². The van der Waals surface area contributed by atoms with Gasteiger partial charge in [-0.1, -0.05) is 29.8 Å². The molecule has 0 bridgehead atoms. The number of nitrogens with zero attached hydrogens (tertiary/aromatic N) is 1. The van der Waals surface area contributed by atoms with Gasteiger partial charge in [-0.15, -0.1) is 0 Å². The van der Waals surface area contributed by atoms with Gasteiger partial charge in [-0.3, -0.25) is 10.1 Å². The van der Waals surface area contributed by atoms with Gasteiger partial charge in [0.25, 0.3) is 0 Å². The lowest BCUT2D eigenvalue weighted by molar-refractivity contribution is -0.385. The molecular formula is C18H16ClNO5. The molecule has 2 aromatic rings. The molecule has 0 aromatic heterocycles. The number of halogens is 1. The maximum absolute atomic E-state index is 11.9.